The second-order valence-corrected chi connectivity index (χ2v) is 5.92. The van der Waals surface area contributed by atoms with Crippen LogP contribution in [0.2, 0.25) is 0 Å². The molecule has 1 saturated carbocycles. The molecule has 3 nitrogen and oxygen atoms in total. The molecule has 0 spiro atoms. The summed E-state index contributed by atoms with van der Waals surface area (Å²) in [7, 11) is 0. The Balaban J connectivity index is 1.67. The van der Waals surface area contributed by atoms with Crippen molar-refractivity contribution >= 4 is 0 Å². The molecular weight excluding hydrogens is 248 g/mol. The Bertz CT molecular complexity index is 429. The standard InChI is InChI=1S/C17H26N2O/c1-2-20-17-6-4-3-5-16(17)14-7-8-15(13-14)19-11-9-18-10-12-19/h3-6,14-15,18H,2,7-13H2,1H3. The highest BCUT2D eigenvalue weighted by atomic mass is 16.5. The molecule has 0 radical (unpaired) electrons. The molecule has 2 atom stereocenters. The molecular formula is C17H26N2O. The summed E-state index contributed by atoms with van der Waals surface area (Å²) in [5.74, 6) is 1.78. The van der Waals surface area contributed by atoms with E-state index in [1.807, 2.05) is 0 Å². The maximum atomic E-state index is 5.81. The molecule has 2 unspecified atom stereocenters. The van der Waals surface area contributed by atoms with Crippen molar-refractivity contribution < 1.29 is 4.74 Å². The number of hydrogen-bond acceptors (Lipinski definition) is 3. The van der Waals surface area contributed by atoms with Gasteiger partial charge in [-0.05, 0) is 43.7 Å². The molecule has 110 valence electrons. The summed E-state index contributed by atoms with van der Waals surface area (Å²) in [6.45, 7) is 7.54. The van der Waals surface area contributed by atoms with Gasteiger partial charge in [-0.3, -0.25) is 4.90 Å². The van der Waals surface area contributed by atoms with Crippen LogP contribution in [0, 0.1) is 0 Å². The second kappa shape index (κ2) is 6.59. The Hall–Kier alpha value is -1.06. The monoisotopic (exact) mass is 274 g/mol. The minimum absolute atomic E-state index is 0.678. The molecule has 0 bridgehead atoms. The van der Waals surface area contributed by atoms with E-state index in [0.717, 1.165) is 31.5 Å². The van der Waals surface area contributed by atoms with Gasteiger partial charge in [0.15, 0.2) is 0 Å². The van der Waals surface area contributed by atoms with E-state index in [4.69, 9.17) is 4.74 Å². The van der Waals surface area contributed by atoms with E-state index in [1.54, 1.807) is 0 Å². The fraction of sp³-hybridized carbons (Fsp3) is 0.647. The number of piperazine rings is 1. The fourth-order valence-corrected chi connectivity index (χ4v) is 3.72. The van der Waals surface area contributed by atoms with E-state index < -0.39 is 0 Å². The minimum Gasteiger partial charge on any atom is -0.494 e. The normalized spacial score (nSPS) is 27.6. The summed E-state index contributed by atoms with van der Waals surface area (Å²) in [6, 6.07) is 9.39. The van der Waals surface area contributed by atoms with Crippen molar-refractivity contribution in [3.63, 3.8) is 0 Å². The SMILES string of the molecule is CCOc1ccccc1C1CCC(N2CCNCC2)C1. The van der Waals surface area contributed by atoms with Crippen LogP contribution in [0.25, 0.3) is 0 Å². The first-order chi connectivity index (χ1) is 9.88. The Kier molecular flexibility index (Phi) is 4.58. The summed E-state index contributed by atoms with van der Waals surface area (Å²) < 4.78 is 5.81. The number of benzene rings is 1. The van der Waals surface area contributed by atoms with Crippen LogP contribution in [0.3, 0.4) is 0 Å². The summed E-state index contributed by atoms with van der Waals surface area (Å²) in [4.78, 5) is 2.68. The number of para-hydroxylation sites is 1. The van der Waals surface area contributed by atoms with Gasteiger partial charge < -0.3 is 10.1 Å². The molecule has 1 aliphatic heterocycles. The summed E-state index contributed by atoms with van der Waals surface area (Å²) in [6.07, 6.45) is 3.94. The third-order valence-electron chi connectivity index (χ3n) is 4.73. The molecule has 3 heteroatoms. The average molecular weight is 274 g/mol. The summed E-state index contributed by atoms with van der Waals surface area (Å²) in [5, 5.41) is 3.45. The van der Waals surface area contributed by atoms with E-state index in [9.17, 15) is 0 Å². The van der Waals surface area contributed by atoms with Crippen molar-refractivity contribution in [3.05, 3.63) is 29.8 Å². The number of rotatable bonds is 4. The van der Waals surface area contributed by atoms with Gasteiger partial charge in [-0.15, -0.1) is 0 Å². The smallest absolute Gasteiger partial charge is 0.122 e. The highest BCUT2D eigenvalue weighted by Gasteiger charge is 2.31. The molecule has 0 aromatic heterocycles. The fourth-order valence-electron chi connectivity index (χ4n) is 3.72. The molecule has 1 aromatic rings. The van der Waals surface area contributed by atoms with Crippen LogP contribution in [0.5, 0.6) is 5.75 Å². The van der Waals surface area contributed by atoms with Crippen LogP contribution >= 0.6 is 0 Å². The maximum Gasteiger partial charge on any atom is 0.122 e. The van der Waals surface area contributed by atoms with Gasteiger partial charge in [0.25, 0.3) is 0 Å². The number of ether oxygens (including phenoxy) is 1. The predicted octanol–water partition coefficient (Wildman–Crippen LogP) is 2.63. The first kappa shape index (κ1) is 13.9. The summed E-state index contributed by atoms with van der Waals surface area (Å²) in [5.41, 5.74) is 1.42. The molecule has 2 aliphatic rings. The second-order valence-electron chi connectivity index (χ2n) is 5.92. The highest BCUT2D eigenvalue weighted by molar-refractivity contribution is 5.37. The Morgan fingerprint density at radius 2 is 2.00 bits per heavy atom. The quantitative estimate of drug-likeness (QED) is 0.913. The maximum absolute atomic E-state index is 5.81. The van der Waals surface area contributed by atoms with Crippen LogP contribution < -0.4 is 10.1 Å². The molecule has 2 fully saturated rings. The van der Waals surface area contributed by atoms with E-state index in [0.29, 0.717) is 5.92 Å². The Morgan fingerprint density at radius 1 is 1.20 bits per heavy atom. The van der Waals surface area contributed by atoms with Gasteiger partial charge >= 0.3 is 0 Å². The third-order valence-corrected chi connectivity index (χ3v) is 4.73. The van der Waals surface area contributed by atoms with Gasteiger partial charge in [0.1, 0.15) is 5.75 Å². The first-order valence-corrected chi connectivity index (χ1v) is 8.05. The van der Waals surface area contributed by atoms with Crippen LogP contribution in [-0.2, 0) is 0 Å². The van der Waals surface area contributed by atoms with Crippen molar-refractivity contribution in [1.29, 1.82) is 0 Å². The van der Waals surface area contributed by atoms with Crippen LogP contribution in [0.15, 0.2) is 24.3 Å². The van der Waals surface area contributed by atoms with Crippen molar-refractivity contribution in [1.82, 2.24) is 10.2 Å². The average Bonchev–Trinajstić information content (AvgIpc) is 2.99. The van der Waals surface area contributed by atoms with E-state index in [-0.39, 0.29) is 0 Å². The predicted molar refractivity (Wildman–Crippen MR) is 82.4 cm³/mol. The largest absolute Gasteiger partial charge is 0.494 e. The van der Waals surface area contributed by atoms with E-state index in [1.165, 1.54) is 37.9 Å². The van der Waals surface area contributed by atoms with Gasteiger partial charge in [0, 0.05) is 32.2 Å². The van der Waals surface area contributed by atoms with Crippen molar-refractivity contribution in [2.24, 2.45) is 0 Å². The van der Waals surface area contributed by atoms with E-state index in [2.05, 4.69) is 41.4 Å². The molecule has 0 amide bonds. The lowest BCUT2D eigenvalue weighted by Crippen LogP contribution is -2.47. The van der Waals surface area contributed by atoms with Gasteiger partial charge in [-0.25, -0.2) is 0 Å². The van der Waals surface area contributed by atoms with Gasteiger partial charge in [-0.2, -0.15) is 0 Å². The number of nitrogens with zero attached hydrogens (tertiary/aromatic N) is 1. The van der Waals surface area contributed by atoms with Crippen LogP contribution in [-0.4, -0.2) is 43.7 Å². The van der Waals surface area contributed by atoms with Gasteiger partial charge in [-0.1, -0.05) is 18.2 Å². The van der Waals surface area contributed by atoms with Crippen LogP contribution in [0.1, 0.15) is 37.7 Å². The zero-order chi connectivity index (χ0) is 13.8. The Labute approximate surface area is 122 Å². The molecule has 1 heterocycles. The minimum atomic E-state index is 0.678. The molecule has 1 aliphatic carbocycles. The van der Waals surface area contributed by atoms with Crippen molar-refractivity contribution in [3.8, 4) is 5.75 Å². The van der Waals surface area contributed by atoms with Gasteiger partial charge in [0.2, 0.25) is 0 Å². The molecule has 3 rings (SSSR count). The molecule has 1 aromatic carbocycles. The van der Waals surface area contributed by atoms with Crippen LogP contribution in [0.4, 0.5) is 0 Å². The topological polar surface area (TPSA) is 24.5 Å². The van der Waals surface area contributed by atoms with E-state index >= 15 is 0 Å². The van der Waals surface area contributed by atoms with Crippen molar-refractivity contribution in [2.75, 3.05) is 32.8 Å². The van der Waals surface area contributed by atoms with Gasteiger partial charge in [0.05, 0.1) is 6.61 Å². The zero-order valence-electron chi connectivity index (χ0n) is 12.5. The Morgan fingerprint density at radius 3 is 2.80 bits per heavy atom. The lowest BCUT2D eigenvalue weighted by molar-refractivity contribution is 0.174. The highest BCUT2D eigenvalue weighted by Crippen LogP contribution is 2.40. The zero-order valence-corrected chi connectivity index (χ0v) is 12.5. The lowest BCUT2D eigenvalue weighted by Gasteiger charge is -2.32. The molecule has 20 heavy (non-hydrogen) atoms. The third kappa shape index (κ3) is 2.99. The molecule has 1 N–H and O–H groups in total. The summed E-state index contributed by atoms with van der Waals surface area (Å²) >= 11 is 0. The first-order valence-electron chi connectivity index (χ1n) is 8.05. The molecule has 1 saturated heterocycles. The number of nitrogens with one attached hydrogen (secondary N) is 1. The number of hydrogen-bond donors (Lipinski definition) is 1. The van der Waals surface area contributed by atoms with Crippen molar-refractivity contribution in [2.45, 2.75) is 38.1 Å². The lowest BCUT2D eigenvalue weighted by atomic mass is 9.96.